The highest BCUT2D eigenvalue weighted by Gasteiger charge is 2.59. The standard InChI is InChI=1S/C21H21N5O7S/c1-11(27)33-9-13-10-34-19-16(18(29)25(19)15(13)20(30)31)26(24-8-7-23-21(24)32)17(28)14(22)12-5-3-2-4-6-12/h2-6,16,19,22H,7-10H2,1H3,(H,23,32)(H,30,31)/t16?,19-/m0/s1. The van der Waals surface area contributed by atoms with Gasteiger partial charge in [-0.15, -0.1) is 11.8 Å². The molecule has 3 N–H and O–H groups in total. The number of fused-ring (bicyclic) bond motifs is 1. The van der Waals surface area contributed by atoms with E-state index in [1.807, 2.05) is 0 Å². The highest BCUT2D eigenvalue weighted by molar-refractivity contribution is 8.00. The molecule has 13 heteroatoms. The number of urea groups is 1. The maximum absolute atomic E-state index is 13.4. The molecule has 1 aromatic carbocycles. The molecule has 0 saturated carbocycles. The van der Waals surface area contributed by atoms with Crippen LogP contribution in [0.3, 0.4) is 0 Å². The molecule has 0 spiro atoms. The van der Waals surface area contributed by atoms with E-state index in [4.69, 9.17) is 10.1 Å². The molecule has 12 nitrogen and oxygen atoms in total. The van der Waals surface area contributed by atoms with E-state index in [0.717, 1.165) is 14.9 Å². The smallest absolute Gasteiger partial charge is 0.352 e. The fraction of sp³-hybridized carbons (Fsp3) is 0.333. The van der Waals surface area contributed by atoms with Crippen molar-refractivity contribution in [3.05, 3.63) is 47.2 Å². The molecule has 0 aromatic heterocycles. The lowest BCUT2D eigenvalue weighted by Crippen LogP contribution is -2.74. The van der Waals surface area contributed by atoms with Crippen LogP contribution in [0.4, 0.5) is 4.79 Å². The first-order valence-corrected chi connectivity index (χ1v) is 11.3. The van der Waals surface area contributed by atoms with Gasteiger partial charge in [0, 0.05) is 30.4 Å². The van der Waals surface area contributed by atoms with Crippen molar-refractivity contribution in [3.8, 4) is 0 Å². The van der Waals surface area contributed by atoms with Gasteiger partial charge in [-0.1, -0.05) is 30.3 Å². The van der Waals surface area contributed by atoms with E-state index in [0.29, 0.717) is 5.56 Å². The van der Waals surface area contributed by atoms with Crippen molar-refractivity contribution in [2.45, 2.75) is 18.3 Å². The molecule has 4 rings (SSSR count). The molecule has 0 radical (unpaired) electrons. The van der Waals surface area contributed by atoms with Gasteiger partial charge in [0.25, 0.3) is 11.8 Å². The van der Waals surface area contributed by atoms with Gasteiger partial charge in [-0.2, -0.15) is 0 Å². The predicted molar refractivity (Wildman–Crippen MR) is 118 cm³/mol. The summed E-state index contributed by atoms with van der Waals surface area (Å²) in [4.78, 5) is 63.3. The van der Waals surface area contributed by atoms with Gasteiger partial charge in [0.05, 0.1) is 6.54 Å². The SMILES string of the molecule is CC(=O)OCC1=C(C(=O)O)N2C(=O)C(N(C(=O)C(=N)c3ccccc3)N3CCNC3=O)[C@@H]2SC1. The average molecular weight is 487 g/mol. The maximum atomic E-state index is 13.4. The van der Waals surface area contributed by atoms with E-state index < -0.39 is 46.9 Å². The molecule has 4 amide bonds. The summed E-state index contributed by atoms with van der Waals surface area (Å²) in [6.45, 7) is 1.27. The van der Waals surface area contributed by atoms with Crippen molar-refractivity contribution < 1.29 is 33.8 Å². The number of carboxylic acids is 1. The molecule has 34 heavy (non-hydrogen) atoms. The van der Waals surface area contributed by atoms with Gasteiger partial charge in [-0.3, -0.25) is 24.7 Å². The summed E-state index contributed by atoms with van der Waals surface area (Å²) < 4.78 is 4.93. The molecular weight excluding hydrogens is 466 g/mol. The summed E-state index contributed by atoms with van der Waals surface area (Å²) in [6.07, 6.45) is 0. The Balaban J connectivity index is 1.66. The predicted octanol–water partition coefficient (Wildman–Crippen LogP) is 0.00877. The minimum Gasteiger partial charge on any atom is -0.477 e. The number of thioether (sulfide) groups is 1. The second-order valence-corrected chi connectivity index (χ2v) is 8.74. The molecule has 2 saturated heterocycles. The fourth-order valence-corrected chi connectivity index (χ4v) is 5.32. The quantitative estimate of drug-likeness (QED) is 0.275. The number of hydrazine groups is 1. The number of aliphatic carboxylic acids is 1. The number of benzene rings is 1. The van der Waals surface area contributed by atoms with E-state index in [1.54, 1.807) is 30.3 Å². The van der Waals surface area contributed by atoms with Gasteiger partial charge < -0.3 is 15.2 Å². The summed E-state index contributed by atoms with van der Waals surface area (Å²) in [6, 6.07) is 6.41. The summed E-state index contributed by atoms with van der Waals surface area (Å²) in [7, 11) is 0. The summed E-state index contributed by atoms with van der Waals surface area (Å²) in [5, 5.41) is 22.0. The first-order chi connectivity index (χ1) is 16.2. The van der Waals surface area contributed by atoms with Gasteiger partial charge in [0.1, 0.15) is 23.4 Å². The van der Waals surface area contributed by atoms with Crippen LogP contribution in [0.2, 0.25) is 0 Å². The molecule has 1 unspecified atom stereocenters. The number of amides is 4. The second-order valence-electron chi connectivity index (χ2n) is 7.64. The van der Waals surface area contributed by atoms with E-state index in [1.165, 1.54) is 18.7 Å². The lowest BCUT2D eigenvalue weighted by Gasteiger charge is -2.53. The zero-order valence-corrected chi connectivity index (χ0v) is 18.8. The molecular formula is C21H21N5O7S. The van der Waals surface area contributed by atoms with Crippen LogP contribution in [0.15, 0.2) is 41.6 Å². The molecule has 178 valence electrons. The zero-order valence-electron chi connectivity index (χ0n) is 18.0. The first-order valence-electron chi connectivity index (χ1n) is 10.3. The van der Waals surface area contributed by atoms with Crippen molar-refractivity contribution in [1.82, 2.24) is 20.2 Å². The third-order valence-corrected chi connectivity index (χ3v) is 6.84. The molecule has 3 aliphatic heterocycles. The molecule has 2 fully saturated rings. The minimum absolute atomic E-state index is 0.104. The Morgan fingerprint density at radius 1 is 1.26 bits per heavy atom. The molecule has 3 heterocycles. The van der Waals surface area contributed by atoms with Crippen LogP contribution in [0.25, 0.3) is 0 Å². The van der Waals surface area contributed by atoms with E-state index in [9.17, 15) is 29.1 Å². The first kappa shape index (κ1) is 23.3. The fourth-order valence-electron chi connectivity index (χ4n) is 3.95. The number of carbonyl (C=O) groups excluding carboxylic acids is 4. The Hall–Kier alpha value is -3.87. The van der Waals surface area contributed by atoms with Crippen LogP contribution >= 0.6 is 11.8 Å². The third-order valence-electron chi connectivity index (χ3n) is 5.51. The molecule has 1 aromatic rings. The van der Waals surface area contributed by atoms with Gasteiger partial charge >= 0.3 is 18.0 Å². The summed E-state index contributed by atoms with van der Waals surface area (Å²) in [5.74, 6) is -3.37. The Morgan fingerprint density at radius 2 is 1.97 bits per heavy atom. The van der Waals surface area contributed by atoms with E-state index in [2.05, 4.69) is 5.32 Å². The summed E-state index contributed by atoms with van der Waals surface area (Å²) in [5.41, 5.74) is -0.143. The maximum Gasteiger partial charge on any atom is 0.352 e. The van der Waals surface area contributed by atoms with Crippen LogP contribution in [0.5, 0.6) is 0 Å². The van der Waals surface area contributed by atoms with Crippen LogP contribution in [-0.2, 0) is 23.9 Å². The van der Waals surface area contributed by atoms with Crippen molar-refractivity contribution >= 4 is 47.3 Å². The number of esters is 1. The zero-order chi connectivity index (χ0) is 24.6. The Kier molecular flexibility index (Phi) is 6.28. The van der Waals surface area contributed by atoms with Gasteiger partial charge in [0.15, 0.2) is 6.04 Å². The largest absolute Gasteiger partial charge is 0.477 e. The number of hydrogen-bond acceptors (Lipinski definition) is 8. The summed E-state index contributed by atoms with van der Waals surface area (Å²) >= 11 is 1.19. The molecule has 0 aliphatic carbocycles. The normalized spacial score (nSPS) is 21.4. The number of hydrogen-bond donors (Lipinski definition) is 3. The topological polar surface area (TPSA) is 160 Å². The van der Waals surface area contributed by atoms with E-state index in [-0.39, 0.29) is 36.7 Å². The number of carbonyl (C=O) groups is 5. The van der Waals surface area contributed by atoms with Crippen LogP contribution in [-0.4, -0.2) is 92.4 Å². The number of carboxylic acid groups (broad SMARTS) is 1. The number of nitrogens with one attached hydrogen (secondary N) is 2. The van der Waals surface area contributed by atoms with Gasteiger partial charge in [-0.05, 0) is 0 Å². The minimum atomic E-state index is -1.37. The number of ether oxygens (including phenoxy) is 1. The highest BCUT2D eigenvalue weighted by Crippen LogP contribution is 2.43. The lowest BCUT2D eigenvalue weighted by atomic mass is 10.0. The Morgan fingerprint density at radius 3 is 2.56 bits per heavy atom. The van der Waals surface area contributed by atoms with Crippen LogP contribution in [0.1, 0.15) is 12.5 Å². The second kappa shape index (κ2) is 9.17. The molecule has 2 atom stereocenters. The Bertz CT molecular complexity index is 1120. The number of nitrogens with zero attached hydrogens (tertiary/aromatic N) is 3. The Labute approximate surface area is 198 Å². The van der Waals surface area contributed by atoms with Crippen molar-refractivity contribution in [1.29, 1.82) is 5.41 Å². The van der Waals surface area contributed by atoms with Gasteiger partial charge in [0.2, 0.25) is 0 Å². The number of rotatable bonds is 7. The number of β-lactam (4-membered cyclic amide) rings is 1. The average Bonchev–Trinajstić information content (AvgIpc) is 3.25. The van der Waals surface area contributed by atoms with Crippen LogP contribution < -0.4 is 5.32 Å². The van der Waals surface area contributed by atoms with Crippen LogP contribution in [0, 0.1) is 5.41 Å². The van der Waals surface area contributed by atoms with E-state index >= 15 is 0 Å². The van der Waals surface area contributed by atoms with Crippen molar-refractivity contribution in [2.75, 3.05) is 25.4 Å². The third kappa shape index (κ3) is 3.98. The monoisotopic (exact) mass is 487 g/mol. The molecule has 3 aliphatic rings. The molecule has 0 bridgehead atoms. The highest BCUT2D eigenvalue weighted by atomic mass is 32.2. The van der Waals surface area contributed by atoms with Gasteiger partial charge in [-0.25, -0.2) is 19.6 Å². The van der Waals surface area contributed by atoms with Crippen molar-refractivity contribution in [3.63, 3.8) is 0 Å². The van der Waals surface area contributed by atoms with Crippen molar-refractivity contribution in [2.24, 2.45) is 0 Å². The lowest BCUT2D eigenvalue weighted by molar-refractivity contribution is -0.169.